The van der Waals surface area contributed by atoms with Crippen LogP contribution in [-0.4, -0.2) is 31.4 Å². The number of nitrogens with one attached hydrogen (secondary N) is 3. The van der Waals surface area contributed by atoms with Crippen LogP contribution < -0.4 is 10.9 Å². The number of amides is 1. The molecular weight excluding hydrogens is 413 g/mol. The van der Waals surface area contributed by atoms with Crippen LogP contribution in [0.1, 0.15) is 11.3 Å². The molecule has 0 saturated heterocycles. The minimum Gasteiger partial charge on any atom is -0.465 e. The summed E-state index contributed by atoms with van der Waals surface area (Å²) in [6.45, 7) is 0. The predicted octanol–water partition coefficient (Wildman–Crippen LogP) is 4.29. The Morgan fingerprint density at radius 2 is 1.88 bits per heavy atom. The Hall–Kier alpha value is -4.53. The van der Waals surface area contributed by atoms with Crippen molar-refractivity contribution in [1.82, 2.24) is 20.2 Å². The van der Waals surface area contributed by atoms with Crippen molar-refractivity contribution in [2.24, 2.45) is 0 Å². The van der Waals surface area contributed by atoms with Crippen molar-refractivity contribution in [2.45, 2.75) is 6.42 Å². The fourth-order valence-electron chi connectivity index (χ4n) is 3.76. The van der Waals surface area contributed by atoms with Crippen LogP contribution >= 0.6 is 0 Å². The van der Waals surface area contributed by atoms with Gasteiger partial charge < -0.3 is 10.1 Å². The zero-order valence-electron chi connectivity index (χ0n) is 16.5. The maximum absolute atomic E-state index is 15.5. The second kappa shape index (κ2) is 7.62. The van der Waals surface area contributed by atoms with Gasteiger partial charge in [0, 0.05) is 17.4 Å². The summed E-state index contributed by atoms with van der Waals surface area (Å²) in [4.78, 5) is 29.8. The van der Waals surface area contributed by atoms with Crippen molar-refractivity contribution in [3.63, 3.8) is 0 Å². The predicted molar refractivity (Wildman–Crippen MR) is 118 cm³/mol. The van der Waals surface area contributed by atoms with Crippen LogP contribution in [0, 0.1) is 5.82 Å². The SMILES string of the molecule is O=C(O)Nc1nc2ccc(-c3cccc(Cc4n[nH]c(=O)c5ccccc45)c3F)cc2[nH]1. The van der Waals surface area contributed by atoms with E-state index in [0.717, 1.165) is 0 Å². The van der Waals surface area contributed by atoms with Crippen molar-refractivity contribution in [3.8, 4) is 11.1 Å². The van der Waals surface area contributed by atoms with Gasteiger partial charge in [0.05, 0.1) is 22.1 Å². The van der Waals surface area contributed by atoms with Crippen LogP contribution in [0.2, 0.25) is 0 Å². The number of hydrogen-bond donors (Lipinski definition) is 4. The molecule has 1 amide bonds. The summed E-state index contributed by atoms with van der Waals surface area (Å²) in [5, 5.41) is 18.8. The van der Waals surface area contributed by atoms with E-state index >= 15 is 4.39 Å². The number of carboxylic acid groups (broad SMARTS) is 1. The summed E-state index contributed by atoms with van der Waals surface area (Å²) in [7, 11) is 0. The number of fused-ring (bicyclic) bond motifs is 2. The molecule has 0 radical (unpaired) electrons. The first-order valence-corrected chi connectivity index (χ1v) is 9.73. The van der Waals surface area contributed by atoms with Gasteiger partial charge in [-0.3, -0.25) is 10.1 Å². The van der Waals surface area contributed by atoms with Gasteiger partial charge in [-0.1, -0.05) is 42.5 Å². The van der Waals surface area contributed by atoms with Gasteiger partial charge in [0.1, 0.15) is 5.82 Å². The van der Waals surface area contributed by atoms with E-state index in [2.05, 4.69) is 25.5 Å². The Morgan fingerprint density at radius 3 is 2.69 bits per heavy atom. The summed E-state index contributed by atoms with van der Waals surface area (Å²) in [6.07, 6.45) is -1.03. The summed E-state index contributed by atoms with van der Waals surface area (Å²) < 4.78 is 15.5. The lowest BCUT2D eigenvalue weighted by molar-refractivity contribution is 0.209. The van der Waals surface area contributed by atoms with E-state index in [9.17, 15) is 9.59 Å². The molecule has 0 aliphatic carbocycles. The van der Waals surface area contributed by atoms with Crippen molar-refractivity contribution >= 4 is 33.8 Å². The van der Waals surface area contributed by atoms with E-state index in [1.165, 1.54) is 0 Å². The number of nitrogens with zero attached hydrogens (tertiary/aromatic N) is 2. The van der Waals surface area contributed by atoms with Crippen LogP contribution in [-0.2, 0) is 6.42 Å². The highest BCUT2D eigenvalue weighted by atomic mass is 19.1. The summed E-state index contributed by atoms with van der Waals surface area (Å²) in [5.41, 5.74) is 2.85. The number of rotatable bonds is 4. The number of hydrogen-bond acceptors (Lipinski definition) is 4. The highest BCUT2D eigenvalue weighted by Crippen LogP contribution is 2.29. The number of halogens is 1. The number of aromatic nitrogens is 4. The molecule has 2 heterocycles. The van der Waals surface area contributed by atoms with E-state index < -0.39 is 11.9 Å². The topological polar surface area (TPSA) is 124 Å². The molecule has 0 unspecified atom stereocenters. The third kappa shape index (κ3) is 3.45. The lowest BCUT2D eigenvalue weighted by Crippen LogP contribution is -2.11. The van der Waals surface area contributed by atoms with Crippen LogP contribution in [0.4, 0.5) is 15.1 Å². The van der Waals surface area contributed by atoms with Crippen LogP contribution in [0.5, 0.6) is 0 Å². The molecule has 0 bridgehead atoms. The summed E-state index contributed by atoms with van der Waals surface area (Å²) in [5.74, 6) is -0.303. The first-order chi connectivity index (χ1) is 15.5. The number of H-pyrrole nitrogens is 2. The fourth-order valence-corrected chi connectivity index (χ4v) is 3.76. The van der Waals surface area contributed by atoms with E-state index in [0.29, 0.717) is 44.2 Å². The quantitative estimate of drug-likeness (QED) is 0.339. The first kappa shape index (κ1) is 19.4. The second-order valence-electron chi connectivity index (χ2n) is 7.25. The second-order valence-corrected chi connectivity index (χ2v) is 7.25. The van der Waals surface area contributed by atoms with Crippen molar-refractivity contribution in [1.29, 1.82) is 0 Å². The minimum absolute atomic E-state index is 0.0925. The minimum atomic E-state index is -1.23. The standard InChI is InChI=1S/C23H16FN5O3/c24-20-13(11-18-15-5-1-2-6-16(15)21(30)29-28-18)4-3-7-14(20)12-8-9-17-19(10-12)26-22(25-17)27-23(31)32/h1-10H,11H2,(H,29,30)(H,31,32)(H2,25,26,27). The number of carbonyl (C=O) groups is 1. The first-order valence-electron chi connectivity index (χ1n) is 9.73. The molecule has 0 atom stereocenters. The molecule has 4 N–H and O–H groups in total. The van der Waals surface area contributed by atoms with Gasteiger partial charge in [0.2, 0.25) is 5.95 Å². The normalized spacial score (nSPS) is 11.2. The molecule has 0 saturated carbocycles. The molecule has 2 aromatic heterocycles. The lowest BCUT2D eigenvalue weighted by Gasteiger charge is -2.10. The molecule has 5 aromatic rings. The molecule has 5 rings (SSSR count). The summed E-state index contributed by atoms with van der Waals surface area (Å²) in [6, 6.07) is 17.3. The number of anilines is 1. The monoisotopic (exact) mass is 429 g/mol. The van der Waals surface area contributed by atoms with Crippen molar-refractivity contribution < 1.29 is 14.3 Å². The van der Waals surface area contributed by atoms with Gasteiger partial charge in [-0.2, -0.15) is 5.10 Å². The molecular formula is C23H16FN5O3. The molecule has 0 spiro atoms. The average Bonchev–Trinajstić information content (AvgIpc) is 3.18. The zero-order valence-corrected chi connectivity index (χ0v) is 16.5. The molecule has 8 nitrogen and oxygen atoms in total. The molecule has 32 heavy (non-hydrogen) atoms. The van der Waals surface area contributed by atoms with Crippen LogP contribution in [0.3, 0.4) is 0 Å². The fraction of sp³-hybridized carbons (Fsp3) is 0.0435. The molecule has 9 heteroatoms. The number of imidazole rings is 1. The largest absolute Gasteiger partial charge is 0.465 e. The molecule has 3 aromatic carbocycles. The van der Waals surface area contributed by atoms with Gasteiger partial charge in [-0.05, 0) is 29.3 Å². The van der Waals surface area contributed by atoms with Gasteiger partial charge >= 0.3 is 6.09 Å². The average molecular weight is 429 g/mol. The smallest absolute Gasteiger partial charge is 0.411 e. The van der Waals surface area contributed by atoms with Gasteiger partial charge in [0.25, 0.3) is 5.56 Å². The Morgan fingerprint density at radius 1 is 1.06 bits per heavy atom. The van der Waals surface area contributed by atoms with E-state index in [4.69, 9.17) is 5.11 Å². The Bertz CT molecular complexity index is 1560. The highest BCUT2D eigenvalue weighted by molar-refractivity contribution is 5.87. The van der Waals surface area contributed by atoms with E-state index in [-0.39, 0.29) is 17.9 Å². The van der Waals surface area contributed by atoms with Crippen molar-refractivity contribution in [2.75, 3.05) is 5.32 Å². The molecule has 0 aliphatic rings. The zero-order chi connectivity index (χ0) is 22.2. The third-order valence-electron chi connectivity index (χ3n) is 5.23. The highest BCUT2D eigenvalue weighted by Gasteiger charge is 2.15. The van der Waals surface area contributed by atoms with Gasteiger partial charge in [0.15, 0.2) is 0 Å². The maximum Gasteiger partial charge on any atom is 0.411 e. The van der Waals surface area contributed by atoms with Crippen LogP contribution in [0.25, 0.3) is 32.9 Å². The van der Waals surface area contributed by atoms with Crippen molar-refractivity contribution in [3.05, 3.63) is 88.1 Å². The lowest BCUT2D eigenvalue weighted by atomic mass is 9.98. The molecule has 0 fully saturated rings. The summed E-state index contributed by atoms with van der Waals surface area (Å²) >= 11 is 0. The van der Waals surface area contributed by atoms with Gasteiger partial charge in [-0.15, -0.1) is 0 Å². The maximum atomic E-state index is 15.5. The van der Waals surface area contributed by atoms with Crippen LogP contribution in [0.15, 0.2) is 65.5 Å². The number of benzene rings is 3. The Labute approximate surface area is 179 Å². The van der Waals surface area contributed by atoms with E-state index in [1.54, 1.807) is 54.6 Å². The Kier molecular flexibility index (Phi) is 4.63. The molecule has 158 valence electrons. The van der Waals surface area contributed by atoms with E-state index in [1.807, 2.05) is 6.07 Å². The third-order valence-corrected chi connectivity index (χ3v) is 5.23. The Balaban J connectivity index is 1.54. The number of aromatic amines is 2. The molecule has 0 aliphatic heterocycles. The van der Waals surface area contributed by atoms with Gasteiger partial charge in [-0.25, -0.2) is 19.3 Å².